The maximum Gasteiger partial charge on any atom is 0.222 e. The molecule has 0 aromatic heterocycles. The van der Waals surface area contributed by atoms with Crippen LogP contribution in [0, 0.1) is 0 Å². The molecule has 10 heavy (non-hydrogen) atoms. The number of nitrogens with zero attached hydrogens (tertiary/aromatic N) is 1. The smallest absolute Gasteiger partial charge is 0.222 e. The molecule has 0 heterocycles. The second-order valence-electron chi connectivity index (χ2n) is 2.57. The summed E-state index contributed by atoms with van der Waals surface area (Å²) in [6.07, 6.45) is 2.69. The summed E-state index contributed by atoms with van der Waals surface area (Å²) in [5.41, 5.74) is 0. The minimum atomic E-state index is 0.268. The third kappa shape index (κ3) is 3.49. The average Bonchev–Trinajstić information content (AvgIpc) is 1.89. The van der Waals surface area contributed by atoms with Crippen LogP contribution in [0.15, 0.2) is 0 Å². The van der Waals surface area contributed by atoms with Gasteiger partial charge in [0.25, 0.3) is 0 Å². The number of amides is 1. The zero-order valence-electron chi connectivity index (χ0n) is 7.18. The van der Waals surface area contributed by atoms with Crippen LogP contribution in [0.1, 0.15) is 33.1 Å². The van der Waals surface area contributed by atoms with Gasteiger partial charge < -0.3 is 4.90 Å². The predicted octanol–water partition coefficient (Wildman–Crippen LogP) is 1.65. The molecular formula is C8H17NO. The molecule has 0 bridgehead atoms. The minimum Gasteiger partial charge on any atom is -0.346 e. The van der Waals surface area contributed by atoms with Gasteiger partial charge in [0.1, 0.15) is 0 Å². The van der Waals surface area contributed by atoms with Crippen molar-refractivity contribution in [3.8, 4) is 0 Å². The molecule has 0 aromatic rings. The first kappa shape index (κ1) is 9.47. The van der Waals surface area contributed by atoms with Crippen molar-refractivity contribution in [3.63, 3.8) is 0 Å². The Bertz CT molecular complexity index is 101. The van der Waals surface area contributed by atoms with E-state index < -0.39 is 0 Å². The van der Waals surface area contributed by atoms with Crippen molar-refractivity contribution in [1.82, 2.24) is 4.90 Å². The van der Waals surface area contributed by atoms with Gasteiger partial charge in [-0.15, -0.1) is 0 Å². The van der Waals surface area contributed by atoms with Gasteiger partial charge in [0.15, 0.2) is 0 Å². The lowest BCUT2D eigenvalue weighted by molar-refractivity contribution is -0.129. The Morgan fingerprint density at radius 2 is 1.90 bits per heavy atom. The summed E-state index contributed by atoms with van der Waals surface area (Å²) < 4.78 is 0. The topological polar surface area (TPSA) is 20.3 Å². The SMILES string of the molecule is CCCC(=O)N(C)CCC. The summed E-state index contributed by atoms with van der Waals surface area (Å²) in [5.74, 6) is 0.268. The van der Waals surface area contributed by atoms with Crippen molar-refractivity contribution in [2.45, 2.75) is 33.1 Å². The average molecular weight is 143 g/mol. The van der Waals surface area contributed by atoms with E-state index in [1.807, 2.05) is 14.0 Å². The Kier molecular flexibility index (Phi) is 4.99. The molecule has 2 heteroatoms. The van der Waals surface area contributed by atoms with Gasteiger partial charge in [-0.1, -0.05) is 13.8 Å². The van der Waals surface area contributed by atoms with E-state index in [9.17, 15) is 4.79 Å². The highest BCUT2D eigenvalue weighted by molar-refractivity contribution is 5.75. The van der Waals surface area contributed by atoms with Crippen LogP contribution in [0.4, 0.5) is 0 Å². The second kappa shape index (κ2) is 5.27. The van der Waals surface area contributed by atoms with Crippen molar-refractivity contribution in [1.29, 1.82) is 0 Å². The first-order valence-corrected chi connectivity index (χ1v) is 3.96. The summed E-state index contributed by atoms with van der Waals surface area (Å²) in [5, 5.41) is 0. The summed E-state index contributed by atoms with van der Waals surface area (Å²) in [6, 6.07) is 0. The van der Waals surface area contributed by atoms with Crippen molar-refractivity contribution >= 4 is 5.91 Å². The molecule has 0 N–H and O–H groups in total. The van der Waals surface area contributed by atoms with E-state index in [0.29, 0.717) is 6.42 Å². The highest BCUT2D eigenvalue weighted by Gasteiger charge is 2.03. The molecule has 2 nitrogen and oxygen atoms in total. The number of carbonyl (C=O) groups excluding carboxylic acids is 1. The largest absolute Gasteiger partial charge is 0.346 e. The molecule has 1 amide bonds. The summed E-state index contributed by atoms with van der Waals surface area (Å²) in [7, 11) is 1.86. The Balaban J connectivity index is 3.49. The van der Waals surface area contributed by atoms with Gasteiger partial charge in [-0.05, 0) is 12.8 Å². The highest BCUT2D eigenvalue weighted by atomic mass is 16.2. The minimum absolute atomic E-state index is 0.268. The van der Waals surface area contributed by atoms with E-state index in [4.69, 9.17) is 0 Å². The van der Waals surface area contributed by atoms with Gasteiger partial charge in [-0.2, -0.15) is 0 Å². The van der Waals surface area contributed by atoms with E-state index in [2.05, 4.69) is 6.92 Å². The molecule has 0 aliphatic heterocycles. The number of hydrogen-bond acceptors (Lipinski definition) is 1. The lowest BCUT2D eigenvalue weighted by Crippen LogP contribution is -2.26. The number of carbonyl (C=O) groups is 1. The maximum atomic E-state index is 11.1. The zero-order valence-corrected chi connectivity index (χ0v) is 7.18. The third-order valence-electron chi connectivity index (χ3n) is 1.45. The van der Waals surface area contributed by atoms with Crippen LogP contribution >= 0.6 is 0 Å². The Morgan fingerprint density at radius 1 is 1.30 bits per heavy atom. The lowest BCUT2D eigenvalue weighted by Gasteiger charge is -2.14. The van der Waals surface area contributed by atoms with Crippen LogP contribution in [-0.2, 0) is 4.79 Å². The molecule has 0 spiro atoms. The number of rotatable bonds is 4. The molecule has 0 aliphatic carbocycles. The second-order valence-corrected chi connectivity index (χ2v) is 2.57. The quantitative estimate of drug-likeness (QED) is 0.586. The van der Waals surface area contributed by atoms with E-state index in [-0.39, 0.29) is 5.91 Å². The fourth-order valence-electron chi connectivity index (χ4n) is 0.865. The van der Waals surface area contributed by atoms with Crippen LogP contribution in [0.2, 0.25) is 0 Å². The van der Waals surface area contributed by atoms with Gasteiger partial charge in [0, 0.05) is 20.0 Å². The molecule has 0 rings (SSSR count). The third-order valence-corrected chi connectivity index (χ3v) is 1.45. The lowest BCUT2D eigenvalue weighted by atomic mass is 10.3. The Morgan fingerprint density at radius 3 is 2.30 bits per heavy atom. The zero-order chi connectivity index (χ0) is 7.98. The molecule has 0 fully saturated rings. The first-order chi connectivity index (χ1) is 4.72. The van der Waals surface area contributed by atoms with Gasteiger partial charge in [-0.25, -0.2) is 0 Å². The van der Waals surface area contributed by atoms with Crippen molar-refractivity contribution in [2.24, 2.45) is 0 Å². The van der Waals surface area contributed by atoms with Crippen LogP contribution in [0.5, 0.6) is 0 Å². The molecule has 0 saturated heterocycles. The summed E-state index contributed by atoms with van der Waals surface area (Å²) in [4.78, 5) is 12.9. The highest BCUT2D eigenvalue weighted by Crippen LogP contribution is 1.94. The van der Waals surface area contributed by atoms with Gasteiger partial charge in [0.05, 0.1) is 0 Å². The van der Waals surface area contributed by atoms with Crippen molar-refractivity contribution in [3.05, 3.63) is 0 Å². The van der Waals surface area contributed by atoms with Gasteiger partial charge in [-0.3, -0.25) is 4.79 Å². The molecule has 0 aromatic carbocycles. The maximum absolute atomic E-state index is 11.1. The van der Waals surface area contributed by atoms with E-state index in [1.165, 1.54) is 0 Å². The normalized spacial score (nSPS) is 9.50. The van der Waals surface area contributed by atoms with Crippen LogP contribution in [0.3, 0.4) is 0 Å². The molecule has 0 atom stereocenters. The van der Waals surface area contributed by atoms with Gasteiger partial charge in [0.2, 0.25) is 5.91 Å². The molecular weight excluding hydrogens is 126 g/mol. The van der Waals surface area contributed by atoms with Crippen LogP contribution in [-0.4, -0.2) is 24.4 Å². The fourth-order valence-corrected chi connectivity index (χ4v) is 0.865. The van der Waals surface area contributed by atoms with E-state index in [1.54, 1.807) is 4.90 Å². The molecule has 60 valence electrons. The summed E-state index contributed by atoms with van der Waals surface area (Å²) >= 11 is 0. The molecule has 0 unspecified atom stereocenters. The fraction of sp³-hybridized carbons (Fsp3) is 0.875. The molecule has 0 aliphatic rings. The monoisotopic (exact) mass is 143 g/mol. The van der Waals surface area contributed by atoms with Crippen molar-refractivity contribution in [2.75, 3.05) is 13.6 Å². The van der Waals surface area contributed by atoms with Crippen LogP contribution in [0.25, 0.3) is 0 Å². The summed E-state index contributed by atoms with van der Waals surface area (Å²) in [6.45, 7) is 4.99. The predicted molar refractivity (Wildman–Crippen MR) is 42.8 cm³/mol. The Labute approximate surface area is 63.2 Å². The molecule has 0 radical (unpaired) electrons. The van der Waals surface area contributed by atoms with E-state index >= 15 is 0 Å². The van der Waals surface area contributed by atoms with Gasteiger partial charge >= 0.3 is 0 Å². The molecule has 0 saturated carbocycles. The standard InChI is InChI=1S/C8H17NO/c1-4-6-8(10)9(3)7-5-2/h4-7H2,1-3H3. The van der Waals surface area contributed by atoms with Crippen molar-refractivity contribution < 1.29 is 4.79 Å². The van der Waals surface area contributed by atoms with Crippen LogP contribution < -0.4 is 0 Å². The Hall–Kier alpha value is -0.530. The first-order valence-electron chi connectivity index (χ1n) is 3.96. The number of hydrogen-bond donors (Lipinski definition) is 0. The van der Waals surface area contributed by atoms with E-state index in [0.717, 1.165) is 19.4 Å².